The van der Waals surface area contributed by atoms with E-state index < -0.39 is 0 Å². The first-order valence-electron chi connectivity index (χ1n) is 7.81. The average molecular weight is 350 g/mol. The molecule has 2 N–H and O–H groups in total. The molecule has 0 aromatic heterocycles. The molecule has 0 saturated carbocycles. The number of nitrogens with one attached hydrogen (secondary N) is 2. The molecule has 0 bridgehead atoms. The number of methoxy groups -OCH3 is 1. The number of hydrogen-bond acceptors (Lipinski definition) is 5. The number of ether oxygens (including phenoxy) is 2. The Kier molecular flexibility index (Phi) is 6.80. The van der Waals surface area contributed by atoms with Gasteiger partial charge in [0, 0.05) is 31.6 Å². The molecule has 24 heavy (non-hydrogen) atoms. The van der Waals surface area contributed by atoms with E-state index in [1.54, 1.807) is 18.9 Å². The van der Waals surface area contributed by atoms with E-state index in [-0.39, 0.29) is 6.09 Å². The van der Waals surface area contributed by atoms with Gasteiger partial charge in [0.1, 0.15) is 5.75 Å². The lowest BCUT2D eigenvalue weighted by Gasteiger charge is -2.26. The van der Waals surface area contributed by atoms with Gasteiger partial charge in [-0.05, 0) is 31.3 Å². The highest BCUT2D eigenvalue weighted by molar-refractivity contribution is 7.80. The average Bonchev–Trinajstić information content (AvgIpc) is 2.61. The van der Waals surface area contributed by atoms with Crippen molar-refractivity contribution >= 4 is 34.8 Å². The van der Waals surface area contributed by atoms with E-state index in [1.165, 1.54) is 0 Å². The highest BCUT2D eigenvalue weighted by atomic mass is 32.1. The molecule has 2 rings (SSSR count). The van der Waals surface area contributed by atoms with Gasteiger partial charge in [-0.25, -0.2) is 4.79 Å². The number of amides is 1. The summed E-state index contributed by atoms with van der Waals surface area (Å²) in [5.41, 5.74) is 4.58. The zero-order valence-corrected chi connectivity index (χ0v) is 14.7. The monoisotopic (exact) mass is 350 g/mol. The maximum atomic E-state index is 11.6. The predicted molar refractivity (Wildman–Crippen MR) is 97.6 cm³/mol. The van der Waals surface area contributed by atoms with Gasteiger partial charge in [0.15, 0.2) is 5.11 Å². The van der Waals surface area contributed by atoms with Crippen LogP contribution in [0.4, 0.5) is 10.5 Å². The number of benzene rings is 1. The highest BCUT2D eigenvalue weighted by Crippen LogP contribution is 2.22. The van der Waals surface area contributed by atoms with E-state index in [0.29, 0.717) is 43.4 Å². The summed E-state index contributed by atoms with van der Waals surface area (Å²) < 4.78 is 10.3. The number of thiocarbonyl (C=S) groups is 1. The number of piperidine rings is 1. The van der Waals surface area contributed by atoms with Crippen LogP contribution in [-0.4, -0.2) is 48.6 Å². The van der Waals surface area contributed by atoms with Crippen LogP contribution in [0.2, 0.25) is 0 Å². The quantitative estimate of drug-likeness (QED) is 0.642. The topological polar surface area (TPSA) is 75.2 Å². The molecule has 1 heterocycles. The van der Waals surface area contributed by atoms with Crippen molar-refractivity contribution in [1.29, 1.82) is 0 Å². The largest absolute Gasteiger partial charge is 0.495 e. The molecule has 130 valence electrons. The molecule has 0 unspecified atom stereocenters. The minimum Gasteiger partial charge on any atom is -0.495 e. The van der Waals surface area contributed by atoms with E-state index >= 15 is 0 Å². The number of hydrogen-bond donors (Lipinski definition) is 2. The fourth-order valence-corrected chi connectivity index (χ4v) is 2.46. The maximum Gasteiger partial charge on any atom is 0.409 e. The molecular formula is C16H22N4O3S. The van der Waals surface area contributed by atoms with Crippen molar-refractivity contribution in [2.75, 3.05) is 32.1 Å². The van der Waals surface area contributed by atoms with E-state index in [9.17, 15) is 4.79 Å². The Balaban J connectivity index is 1.81. The van der Waals surface area contributed by atoms with E-state index in [2.05, 4.69) is 15.8 Å². The molecule has 0 atom stereocenters. The van der Waals surface area contributed by atoms with Gasteiger partial charge in [0.05, 0.1) is 19.4 Å². The standard InChI is InChI=1S/C16H22N4O3S/c1-3-23-16(21)20-10-8-12(9-11-20)18-19-15(24)17-13-6-4-5-7-14(13)22-2/h4-7H,3,8-11H2,1-2H3,(H2,17,19,24). The van der Waals surface area contributed by atoms with Crippen molar-refractivity contribution in [2.24, 2.45) is 5.10 Å². The van der Waals surface area contributed by atoms with Crippen molar-refractivity contribution in [2.45, 2.75) is 19.8 Å². The zero-order chi connectivity index (χ0) is 17.4. The van der Waals surface area contributed by atoms with Gasteiger partial charge in [-0.1, -0.05) is 12.1 Å². The van der Waals surface area contributed by atoms with Gasteiger partial charge in [0.25, 0.3) is 0 Å². The van der Waals surface area contributed by atoms with Crippen LogP contribution in [0.1, 0.15) is 19.8 Å². The van der Waals surface area contributed by atoms with Crippen LogP contribution in [0.25, 0.3) is 0 Å². The fourth-order valence-electron chi connectivity index (χ4n) is 2.30. The Bertz CT molecular complexity index is 611. The number of rotatable bonds is 4. The molecule has 1 fully saturated rings. The molecule has 1 aliphatic rings. The minimum absolute atomic E-state index is 0.266. The van der Waals surface area contributed by atoms with E-state index in [4.69, 9.17) is 21.7 Å². The molecule has 1 aliphatic heterocycles. The van der Waals surface area contributed by atoms with Gasteiger partial charge in [0.2, 0.25) is 0 Å². The maximum absolute atomic E-state index is 11.6. The molecule has 0 spiro atoms. The van der Waals surface area contributed by atoms with Crippen LogP contribution in [-0.2, 0) is 4.74 Å². The number of likely N-dealkylation sites (tertiary alicyclic amines) is 1. The first kappa shape index (κ1) is 18.0. The van der Waals surface area contributed by atoms with Crippen LogP contribution in [0.15, 0.2) is 29.4 Å². The summed E-state index contributed by atoms with van der Waals surface area (Å²) in [6.45, 7) is 3.40. The minimum atomic E-state index is -0.266. The van der Waals surface area contributed by atoms with Crippen LogP contribution in [0.3, 0.4) is 0 Å². The van der Waals surface area contributed by atoms with Gasteiger partial charge in [-0.2, -0.15) is 5.10 Å². The lowest BCUT2D eigenvalue weighted by atomic mass is 10.1. The first-order chi connectivity index (χ1) is 11.6. The summed E-state index contributed by atoms with van der Waals surface area (Å²) in [5.74, 6) is 0.706. The second kappa shape index (κ2) is 9.07. The SMILES string of the molecule is CCOC(=O)N1CCC(=NNC(=S)Nc2ccccc2OC)CC1. The van der Waals surface area contributed by atoms with Crippen molar-refractivity contribution < 1.29 is 14.3 Å². The van der Waals surface area contributed by atoms with Gasteiger partial charge < -0.3 is 19.7 Å². The van der Waals surface area contributed by atoms with Crippen molar-refractivity contribution in [1.82, 2.24) is 10.3 Å². The second-order valence-corrected chi connectivity index (χ2v) is 5.54. The lowest BCUT2D eigenvalue weighted by Crippen LogP contribution is -2.39. The normalized spacial score (nSPS) is 13.9. The Morgan fingerprint density at radius 2 is 2.04 bits per heavy atom. The second-order valence-electron chi connectivity index (χ2n) is 5.13. The number of anilines is 1. The molecule has 0 radical (unpaired) electrons. The molecule has 1 aromatic rings. The van der Waals surface area contributed by atoms with Gasteiger partial charge >= 0.3 is 6.09 Å². The third-order valence-corrected chi connectivity index (χ3v) is 3.73. The number of para-hydroxylation sites is 2. The van der Waals surface area contributed by atoms with E-state index in [0.717, 1.165) is 11.4 Å². The molecule has 1 saturated heterocycles. The predicted octanol–water partition coefficient (Wildman–Crippen LogP) is 2.59. The summed E-state index contributed by atoms with van der Waals surface area (Å²) in [6, 6.07) is 7.50. The molecule has 7 nitrogen and oxygen atoms in total. The lowest BCUT2D eigenvalue weighted by molar-refractivity contribution is 0.107. The Morgan fingerprint density at radius 1 is 1.33 bits per heavy atom. The summed E-state index contributed by atoms with van der Waals surface area (Å²) in [5, 5.41) is 7.76. The van der Waals surface area contributed by atoms with Crippen molar-refractivity contribution in [3.8, 4) is 5.75 Å². The molecule has 8 heteroatoms. The molecule has 1 amide bonds. The summed E-state index contributed by atoms with van der Waals surface area (Å²) in [7, 11) is 1.61. The third-order valence-electron chi connectivity index (χ3n) is 3.54. The van der Waals surface area contributed by atoms with Crippen LogP contribution in [0, 0.1) is 0 Å². The zero-order valence-electron chi connectivity index (χ0n) is 13.9. The van der Waals surface area contributed by atoms with Crippen LogP contribution in [0.5, 0.6) is 5.75 Å². The third kappa shape index (κ3) is 5.09. The summed E-state index contributed by atoms with van der Waals surface area (Å²) in [4.78, 5) is 13.3. The smallest absolute Gasteiger partial charge is 0.409 e. The first-order valence-corrected chi connectivity index (χ1v) is 8.22. The summed E-state index contributed by atoms with van der Waals surface area (Å²) >= 11 is 5.24. The molecule has 1 aromatic carbocycles. The number of carbonyl (C=O) groups is 1. The fraction of sp³-hybridized carbons (Fsp3) is 0.438. The Labute approximate surface area is 147 Å². The van der Waals surface area contributed by atoms with Crippen LogP contribution < -0.4 is 15.5 Å². The van der Waals surface area contributed by atoms with Crippen LogP contribution >= 0.6 is 12.2 Å². The van der Waals surface area contributed by atoms with Gasteiger partial charge in [-0.15, -0.1) is 0 Å². The van der Waals surface area contributed by atoms with Gasteiger partial charge in [-0.3, -0.25) is 5.43 Å². The van der Waals surface area contributed by atoms with E-state index in [1.807, 2.05) is 24.3 Å². The summed E-state index contributed by atoms with van der Waals surface area (Å²) in [6.07, 6.45) is 1.13. The van der Waals surface area contributed by atoms with Crippen molar-refractivity contribution in [3.63, 3.8) is 0 Å². The Hall–Kier alpha value is -2.35. The molecule has 0 aliphatic carbocycles. The number of nitrogens with zero attached hydrogens (tertiary/aromatic N) is 2. The van der Waals surface area contributed by atoms with Crippen molar-refractivity contribution in [3.05, 3.63) is 24.3 Å². The Morgan fingerprint density at radius 3 is 2.71 bits per heavy atom. The number of hydrazone groups is 1. The highest BCUT2D eigenvalue weighted by Gasteiger charge is 2.20. The molecular weight excluding hydrogens is 328 g/mol. The number of carbonyl (C=O) groups excluding carboxylic acids is 1.